The zero-order chi connectivity index (χ0) is 14.0. The second kappa shape index (κ2) is 5.24. The van der Waals surface area contributed by atoms with Crippen LogP contribution in [0.5, 0.6) is 0 Å². The summed E-state index contributed by atoms with van der Waals surface area (Å²) in [6.45, 7) is 3.38. The van der Waals surface area contributed by atoms with Gasteiger partial charge in [-0.25, -0.2) is 0 Å². The number of nitrogens with zero attached hydrogens (tertiary/aromatic N) is 1. The molecule has 0 bridgehead atoms. The van der Waals surface area contributed by atoms with Crippen LogP contribution in [-0.2, 0) is 6.42 Å². The number of nitro groups is 1. The molecule has 1 unspecified atom stereocenters. The van der Waals surface area contributed by atoms with Crippen LogP contribution in [0.3, 0.4) is 0 Å². The first kappa shape index (κ1) is 13.3. The lowest BCUT2D eigenvalue weighted by Crippen LogP contribution is -2.02. The number of aliphatic hydroxyl groups is 1. The third-order valence-electron chi connectivity index (χ3n) is 2.93. The molecule has 100 valence electrons. The highest BCUT2D eigenvalue weighted by Crippen LogP contribution is 2.31. The first-order chi connectivity index (χ1) is 8.99. The molecule has 0 aliphatic rings. The molecule has 1 atom stereocenters. The minimum atomic E-state index is -0.481. The van der Waals surface area contributed by atoms with Crippen molar-refractivity contribution in [1.29, 1.82) is 0 Å². The van der Waals surface area contributed by atoms with E-state index in [0.717, 1.165) is 0 Å². The summed E-state index contributed by atoms with van der Waals surface area (Å²) in [4.78, 5) is 10.5. The zero-order valence-electron chi connectivity index (χ0n) is 10.8. The van der Waals surface area contributed by atoms with Gasteiger partial charge >= 0.3 is 0 Å². The fourth-order valence-corrected chi connectivity index (χ4v) is 2.01. The molecule has 0 fully saturated rings. The van der Waals surface area contributed by atoms with Crippen molar-refractivity contribution < 1.29 is 14.4 Å². The summed E-state index contributed by atoms with van der Waals surface area (Å²) in [5.41, 5.74) is 1.35. The summed E-state index contributed by atoms with van der Waals surface area (Å²) in [7, 11) is 0. The summed E-state index contributed by atoms with van der Waals surface area (Å²) in [5, 5.41) is 20.2. The van der Waals surface area contributed by atoms with Gasteiger partial charge in [-0.05, 0) is 26.0 Å². The highest BCUT2D eigenvalue weighted by Gasteiger charge is 2.16. The maximum absolute atomic E-state index is 10.9. The third kappa shape index (κ3) is 2.82. The van der Waals surface area contributed by atoms with Crippen molar-refractivity contribution in [2.24, 2.45) is 0 Å². The van der Waals surface area contributed by atoms with Crippen molar-refractivity contribution in [3.05, 3.63) is 51.8 Å². The fourth-order valence-electron chi connectivity index (χ4n) is 2.01. The Morgan fingerprint density at radius 2 is 2.11 bits per heavy atom. The van der Waals surface area contributed by atoms with E-state index < -0.39 is 11.0 Å². The largest absolute Gasteiger partial charge is 0.461 e. The molecule has 0 saturated carbocycles. The molecule has 1 heterocycles. The zero-order valence-corrected chi connectivity index (χ0v) is 10.8. The first-order valence-electron chi connectivity index (χ1n) is 6.00. The van der Waals surface area contributed by atoms with Gasteiger partial charge in [-0.2, -0.15) is 0 Å². The molecule has 2 aromatic rings. The molecule has 5 nitrogen and oxygen atoms in total. The number of benzene rings is 1. The highest BCUT2D eigenvalue weighted by atomic mass is 16.6. The summed E-state index contributed by atoms with van der Waals surface area (Å²) >= 11 is 0. The van der Waals surface area contributed by atoms with Gasteiger partial charge in [0.05, 0.1) is 11.0 Å². The highest BCUT2D eigenvalue weighted by molar-refractivity contribution is 5.67. The van der Waals surface area contributed by atoms with Gasteiger partial charge < -0.3 is 9.52 Å². The quantitative estimate of drug-likeness (QED) is 0.677. The van der Waals surface area contributed by atoms with E-state index in [2.05, 4.69) is 0 Å². The number of rotatable bonds is 4. The Balaban J connectivity index is 2.39. The number of hydrogen-bond donors (Lipinski definition) is 1. The van der Waals surface area contributed by atoms with E-state index in [1.165, 1.54) is 6.07 Å². The summed E-state index contributed by atoms with van der Waals surface area (Å²) < 4.78 is 5.61. The minimum Gasteiger partial charge on any atom is -0.461 e. The Hall–Kier alpha value is -2.14. The minimum absolute atomic E-state index is 0.0750. The first-order valence-corrected chi connectivity index (χ1v) is 6.00. The van der Waals surface area contributed by atoms with Crippen molar-refractivity contribution in [2.45, 2.75) is 26.4 Å². The maximum atomic E-state index is 10.9. The lowest BCUT2D eigenvalue weighted by atomic mass is 10.1. The molecular weight excluding hydrogens is 246 g/mol. The Labute approximate surface area is 110 Å². The van der Waals surface area contributed by atoms with Gasteiger partial charge in [0.1, 0.15) is 11.5 Å². The predicted octanol–water partition coefficient (Wildman–Crippen LogP) is 3.09. The third-order valence-corrected chi connectivity index (χ3v) is 2.93. The topological polar surface area (TPSA) is 76.5 Å². The van der Waals surface area contributed by atoms with Gasteiger partial charge in [0.15, 0.2) is 0 Å². The van der Waals surface area contributed by atoms with Crippen molar-refractivity contribution in [3.8, 4) is 11.3 Å². The number of furan rings is 1. The molecule has 5 heteroatoms. The monoisotopic (exact) mass is 261 g/mol. The second-order valence-corrected chi connectivity index (χ2v) is 4.53. The van der Waals surface area contributed by atoms with E-state index in [4.69, 9.17) is 4.42 Å². The SMILES string of the molecule is Cc1c(-c2ccc(CC(C)O)o2)cccc1[N+](=O)[O-]. The average Bonchev–Trinajstić information content (AvgIpc) is 2.76. The lowest BCUT2D eigenvalue weighted by Gasteiger charge is -2.04. The van der Waals surface area contributed by atoms with Crippen LogP contribution in [0.2, 0.25) is 0 Å². The van der Waals surface area contributed by atoms with Gasteiger partial charge in [-0.1, -0.05) is 12.1 Å². The Kier molecular flexibility index (Phi) is 3.66. The van der Waals surface area contributed by atoms with Crippen LogP contribution in [0.25, 0.3) is 11.3 Å². The molecule has 0 spiro atoms. The van der Waals surface area contributed by atoms with Crippen LogP contribution in [0.1, 0.15) is 18.2 Å². The fraction of sp³-hybridized carbons (Fsp3) is 0.286. The molecule has 1 aromatic heterocycles. The molecular formula is C14H15NO4. The van der Waals surface area contributed by atoms with Crippen LogP contribution in [-0.4, -0.2) is 16.1 Å². The molecule has 1 N–H and O–H groups in total. The van der Waals surface area contributed by atoms with Crippen molar-refractivity contribution in [3.63, 3.8) is 0 Å². The smallest absolute Gasteiger partial charge is 0.273 e. The van der Waals surface area contributed by atoms with Gasteiger partial charge in [0.25, 0.3) is 5.69 Å². The molecule has 0 aliphatic carbocycles. The predicted molar refractivity (Wildman–Crippen MR) is 70.9 cm³/mol. The molecule has 19 heavy (non-hydrogen) atoms. The molecule has 1 aromatic carbocycles. The molecule has 0 aliphatic heterocycles. The van der Waals surface area contributed by atoms with Crippen LogP contribution in [0, 0.1) is 17.0 Å². The Morgan fingerprint density at radius 1 is 1.37 bits per heavy atom. The van der Waals surface area contributed by atoms with Crippen LogP contribution >= 0.6 is 0 Å². The van der Waals surface area contributed by atoms with Gasteiger partial charge in [0.2, 0.25) is 0 Å². The molecule has 0 saturated heterocycles. The van der Waals surface area contributed by atoms with E-state index in [-0.39, 0.29) is 5.69 Å². The van der Waals surface area contributed by atoms with Gasteiger partial charge in [-0.3, -0.25) is 10.1 Å². The van der Waals surface area contributed by atoms with E-state index in [0.29, 0.717) is 29.1 Å². The Morgan fingerprint density at radius 3 is 2.74 bits per heavy atom. The van der Waals surface area contributed by atoms with Crippen LogP contribution < -0.4 is 0 Å². The maximum Gasteiger partial charge on any atom is 0.273 e. The molecule has 0 radical (unpaired) electrons. The van der Waals surface area contributed by atoms with E-state index in [1.54, 1.807) is 38.1 Å². The lowest BCUT2D eigenvalue weighted by molar-refractivity contribution is -0.385. The van der Waals surface area contributed by atoms with Crippen molar-refractivity contribution in [2.75, 3.05) is 0 Å². The normalized spacial score (nSPS) is 12.4. The van der Waals surface area contributed by atoms with Crippen LogP contribution in [0.4, 0.5) is 5.69 Å². The average molecular weight is 261 g/mol. The van der Waals surface area contributed by atoms with Crippen molar-refractivity contribution in [1.82, 2.24) is 0 Å². The van der Waals surface area contributed by atoms with Gasteiger partial charge in [-0.15, -0.1) is 0 Å². The van der Waals surface area contributed by atoms with Crippen molar-refractivity contribution >= 4 is 5.69 Å². The summed E-state index contributed by atoms with van der Waals surface area (Å²) in [6.07, 6.45) is -0.0567. The van der Waals surface area contributed by atoms with E-state index in [1.807, 2.05) is 0 Å². The second-order valence-electron chi connectivity index (χ2n) is 4.53. The molecule has 0 amide bonds. The number of nitro benzene ring substituents is 1. The standard InChI is InChI=1S/C14H15NO4/c1-9(16)8-11-6-7-14(19-11)12-4-3-5-13(10(12)2)15(17)18/h3-7,9,16H,8H2,1-2H3. The van der Waals surface area contributed by atoms with E-state index in [9.17, 15) is 15.2 Å². The van der Waals surface area contributed by atoms with E-state index >= 15 is 0 Å². The number of aliphatic hydroxyl groups excluding tert-OH is 1. The molecule has 2 rings (SSSR count). The van der Waals surface area contributed by atoms with Gasteiger partial charge in [0, 0.05) is 23.6 Å². The summed E-state index contributed by atoms with van der Waals surface area (Å²) in [6, 6.07) is 8.44. The Bertz CT molecular complexity index is 601. The van der Waals surface area contributed by atoms with Crippen LogP contribution in [0.15, 0.2) is 34.7 Å². The number of hydrogen-bond acceptors (Lipinski definition) is 4. The summed E-state index contributed by atoms with van der Waals surface area (Å²) in [5.74, 6) is 1.24.